The van der Waals surface area contributed by atoms with Gasteiger partial charge in [0.15, 0.2) is 0 Å². The Kier molecular flexibility index (Phi) is 2.97. The van der Waals surface area contributed by atoms with Crippen LogP contribution in [0.4, 0.5) is 0 Å². The number of rotatable bonds is 2. The van der Waals surface area contributed by atoms with E-state index < -0.39 is 0 Å². The SMILES string of the molecule is ClN=CCc1ccccc1. The van der Waals surface area contributed by atoms with Gasteiger partial charge in [-0.15, -0.1) is 0 Å². The predicted octanol–water partition coefficient (Wildman–Crippen LogP) is 2.45. The maximum atomic E-state index is 5.12. The molecule has 0 saturated carbocycles. The Morgan fingerprint density at radius 3 is 2.60 bits per heavy atom. The van der Waals surface area contributed by atoms with Crippen LogP contribution >= 0.6 is 11.8 Å². The van der Waals surface area contributed by atoms with Crippen LogP contribution in [0.25, 0.3) is 0 Å². The first kappa shape index (κ1) is 7.29. The molecule has 0 N–H and O–H groups in total. The Morgan fingerprint density at radius 2 is 2.00 bits per heavy atom. The molecular weight excluding hydrogens is 146 g/mol. The fourth-order valence-corrected chi connectivity index (χ4v) is 0.823. The van der Waals surface area contributed by atoms with E-state index in [4.69, 9.17) is 11.8 Å². The molecule has 0 aliphatic carbocycles. The minimum absolute atomic E-state index is 0.810. The predicted molar refractivity (Wildman–Crippen MR) is 44.5 cm³/mol. The summed E-state index contributed by atoms with van der Waals surface area (Å²) in [5.41, 5.74) is 1.23. The van der Waals surface area contributed by atoms with E-state index >= 15 is 0 Å². The maximum Gasteiger partial charge on any atom is 0.0361 e. The molecule has 1 rings (SSSR count). The Hall–Kier alpha value is -0.820. The Labute approximate surface area is 65.5 Å². The van der Waals surface area contributed by atoms with Crippen molar-refractivity contribution in [2.45, 2.75) is 6.42 Å². The van der Waals surface area contributed by atoms with Gasteiger partial charge in [-0.3, -0.25) is 0 Å². The van der Waals surface area contributed by atoms with Crippen molar-refractivity contribution in [1.29, 1.82) is 0 Å². The summed E-state index contributed by atoms with van der Waals surface area (Å²) in [6.45, 7) is 0. The van der Waals surface area contributed by atoms with Crippen LogP contribution in [-0.4, -0.2) is 6.21 Å². The molecule has 0 spiro atoms. The zero-order valence-electron chi connectivity index (χ0n) is 5.50. The molecule has 0 aliphatic heterocycles. The lowest BCUT2D eigenvalue weighted by molar-refractivity contribution is 1.36. The average molecular weight is 154 g/mol. The molecule has 0 amide bonds. The highest BCUT2D eigenvalue weighted by Gasteiger charge is 1.84. The largest absolute Gasteiger partial charge is 0.190 e. The highest BCUT2D eigenvalue weighted by atomic mass is 35.5. The van der Waals surface area contributed by atoms with Gasteiger partial charge in [0.1, 0.15) is 0 Å². The van der Waals surface area contributed by atoms with Gasteiger partial charge in [0.05, 0.1) is 0 Å². The topological polar surface area (TPSA) is 12.4 Å². The second-order valence-electron chi connectivity index (χ2n) is 1.97. The smallest absolute Gasteiger partial charge is 0.0361 e. The van der Waals surface area contributed by atoms with Gasteiger partial charge in [0.2, 0.25) is 0 Å². The van der Waals surface area contributed by atoms with Crippen molar-refractivity contribution >= 4 is 18.0 Å². The Bertz CT molecular complexity index is 206. The molecule has 0 heterocycles. The molecule has 1 aromatic rings. The van der Waals surface area contributed by atoms with Crippen molar-refractivity contribution in [2.75, 3.05) is 0 Å². The van der Waals surface area contributed by atoms with E-state index in [-0.39, 0.29) is 0 Å². The third-order valence-electron chi connectivity index (χ3n) is 1.24. The highest BCUT2D eigenvalue weighted by molar-refractivity contribution is 6.17. The van der Waals surface area contributed by atoms with Gasteiger partial charge in [-0.1, -0.05) is 30.3 Å². The fraction of sp³-hybridized carbons (Fsp3) is 0.125. The van der Waals surface area contributed by atoms with E-state index in [1.54, 1.807) is 6.21 Å². The number of hydrogen-bond donors (Lipinski definition) is 0. The van der Waals surface area contributed by atoms with Crippen molar-refractivity contribution in [3.05, 3.63) is 35.9 Å². The van der Waals surface area contributed by atoms with Crippen molar-refractivity contribution in [3.8, 4) is 0 Å². The lowest BCUT2D eigenvalue weighted by Crippen LogP contribution is -1.82. The van der Waals surface area contributed by atoms with E-state index in [9.17, 15) is 0 Å². The molecule has 0 saturated heterocycles. The third-order valence-corrected chi connectivity index (χ3v) is 1.38. The van der Waals surface area contributed by atoms with E-state index in [2.05, 4.69) is 4.51 Å². The summed E-state index contributed by atoms with van der Waals surface area (Å²) in [5, 5.41) is 0. The maximum absolute atomic E-state index is 5.12. The first-order valence-corrected chi connectivity index (χ1v) is 3.44. The monoisotopic (exact) mass is 153 g/mol. The molecule has 0 atom stereocenters. The van der Waals surface area contributed by atoms with Gasteiger partial charge in [-0.25, -0.2) is 0 Å². The molecule has 52 valence electrons. The normalized spacial score (nSPS) is 10.5. The number of benzene rings is 1. The van der Waals surface area contributed by atoms with Crippen molar-refractivity contribution in [3.63, 3.8) is 0 Å². The number of halogens is 1. The molecular formula is C8H8ClN. The minimum Gasteiger partial charge on any atom is -0.190 e. The van der Waals surface area contributed by atoms with E-state index in [0.29, 0.717) is 0 Å². The highest BCUT2D eigenvalue weighted by Crippen LogP contribution is 1.97. The lowest BCUT2D eigenvalue weighted by Gasteiger charge is -1.90. The third kappa shape index (κ3) is 2.19. The molecule has 0 aromatic heterocycles. The second-order valence-corrected chi connectivity index (χ2v) is 2.17. The summed E-state index contributed by atoms with van der Waals surface area (Å²) < 4.78 is 3.38. The molecule has 0 fully saturated rings. The van der Waals surface area contributed by atoms with Crippen LogP contribution in [-0.2, 0) is 6.42 Å². The molecule has 1 nitrogen and oxygen atoms in total. The van der Waals surface area contributed by atoms with Crippen molar-refractivity contribution in [1.82, 2.24) is 0 Å². The van der Waals surface area contributed by atoms with E-state index in [0.717, 1.165) is 6.42 Å². The van der Waals surface area contributed by atoms with Gasteiger partial charge in [0.25, 0.3) is 0 Å². The Morgan fingerprint density at radius 1 is 1.30 bits per heavy atom. The van der Waals surface area contributed by atoms with Crippen LogP contribution in [0, 0.1) is 0 Å². The average Bonchev–Trinajstić information content (AvgIpc) is 2.03. The molecule has 1 aromatic carbocycles. The summed E-state index contributed by atoms with van der Waals surface area (Å²) in [6, 6.07) is 10.1. The minimum atomic E-state index is 0.810. The van der Waals surface area contributed by atoms with Crippen molar-refractivity contribution < 1.29 is 0 Å². The molecule has 0 aliphatic rings. The molecule has 0 unspecified atom stereocenters. The van der Waals surface area contributed by atoms with Crippen LogP contribution in [0.1, 0.15) is 5.56 Å². The second kappa shape index (κ2) is 4.07. The van der Waals surface area contributed by atoms with Gasteiger partial charge >= 0.3 is 0 Å². The van der Waals surface area contributed by atoms with Gasteiger partial charge in [0, 0.05) is 24.4 Å². The molecule has 0 bridgehead atoms. The summed E-state index contributed by atoms with van der Waals surface area (Å²) in [6.07, 6.45) is 2.49. The zero-order valence-corrected chi connectivity index (χ0v) is 6.25. The first-order chi connectivity index (χ1) is 4.93. The Balaban J connectivity index is 2.59. The van der Waals surface area contributed by atoms with Crippen molar-refractivity contribution in [2.24, 2.45) is 4.51 Å². The zero-order chi connectivity index (χ0) is 7.23. The van der Waals surface area contributed by atoms with Crippen LogP contribution in [0.15, 0.2) is 34.8 Å². The van der Waals surface area contributed by atoms with Crippen LogP contribution in [0.2, 0.25) is 0 Å². The van der Waals surface area contributed by atoms with Gasteiger partial charge in [-0.05, 0) is 5.56 Å². The quantitative estimate of drug-likeness (QED) is 0.579. The standard InChI is InChI=1S/C8H8ClN/c9-10-7-6-8-4-2-1-3-5-8/h1-5,7H,6H2. The van der Waals surface area contributed by atoms with E-state index in [1.807, 2.05) is 30.3 Å². The lowest BCUT2D eigenvalue weighted by atomic mass is 10.2. The fourth-order valence-electron chi connectivity index (χ4n) is 0.754. The number of nitrogens with zero attached hydrogens (tertiary/aromatic N) is 1. The van der Waals surface area contributed by atoms with Crippen LogP contribution < -0.4 is 0 Å². The summed E-state index contributed by atoms with van der Waals surface area (Å²) in [7, 11) is 0. The summed E-state index contributed by atoms with van der Waals surface area (Å²) in [4.78, 5) is 0. The summed E-state index contributed by atoms with van der Waals surface area (Å²) in [5.74, 6) is 0. The summed E-state index contributed by atoms with van der Waals surface area (Å²) >= 11 is 5.12. The van der Waals surface area contributed by atoms with Crippen LogP contribution in [0.5, 0.6) is 0 Å². The first-order valence-electron chi connectivity index (χ1n) is 3.10. The van der Waals surface area contributed by atoms with Gasteiger partial charge < -0.3 is 0 Å². The van der Waals surface area contributed by atoms with Gasteiger partial charge in [-0.2, -0.15) is 4.51 Å². The van der Waals surface area contributed by atoms with E-state index in [1.165, 1.54) is 5.56 Å². The van der Waals surface area contributed by atoms with Crippen LogP contribution in [0.3, 0.4) is 0 Å². The molecule has 0 radical (unpaired) electrons. The molecule has 2 heteroatoms. The molecule has 10 heavy (non-hydrogen) atoms. The number of hydrogen-bond acceptors (Lipinski definition) is 1.